The molecule has 1 aromatic heterocycles. The fourth-order valence-corrected chi connectivity index (χ4v) is 1.74. The summed E-state index contributed by atoms with van der Waals surface area (Å²) in [6, 6.07) is 5.44. The molecule has 1 aromatic carbocycles. The van der Waals surface area contributed by atoms with Gasteiger partial charge < -0.3 is 19.1 Å². The molecule has 1 N–H and O–H groups in total. The van der Waals surface area contributed by atoms with Crippen LogP contribution in [0, 0.1) is 0 Å². The van der Waals surface area contributed by atoms with E-state index in [1.807, 2.05) is 22.9 Å². The number of benzene rings is 1. The van der Waals surface area contributed by atoms with Crippen LogP contribution in [0.5, 0.6) is 11.5 Å². The second-order valence-corrected chi connectivity index (χ2v) is 4.24. The summed E-state index contributed by atoms with van der Waals surface area (Å²) in [7, 11) is 1.59. The Kier molecular flexibility index (Phi) is 4.41. The molecule has 0 aliphatic rings. The van der Waals surface area contributed by atoms with E-state index in [4.69, 9.17) is 9.47 Å². The lowest BCUT2D eigenvalue weighted by atomic mass is 10.1. The molecule has 0 spiro atoms. The quantitative estimate of drug-likeness (QED) is 0.865. The van der Waals surface area contributed by atoms with Crippen LogP contribution < -0.4 is 9.47 Å². The van der Waals surface area contributed by atoms with Crippen LogP contribution in [0.4, 0.5) is 0 Å². The Labute approximate surface area is 112 Å². The van der Waals surface area contributed by atoms with Gasteiger partial charge in [-0.1, -0.05) is 6.07 Å². The Morgan fingerprint density at radius 3 is 2.84 bits per heavy atom. The van der Waals surface area contributed by atoms with Crippen molar-refractivity contribution in [3.63, 3.8) is 0 Å². The molecule has 0 unspecified atom stereocenters. The first kappa shape index (κ1) is 13.4. The number of aliphatic hydroxyl groups excluding tert-OH is 1. The SMILES string of the molecule is COc1cc([C@@H](C)O)ccc1OCCn1ccnc1. The van der Waals surface area contributed by atoms with Crippen LogP contribution in [0.3, 0.4) is 0 Å². The average Bonchev–Trinajstić information content (AvgIpc) is 2.92. The van der Waals surface area contributed by atoms with E-state index in [1.165, 1.54) is 0 Å². The number of rotatable bonds is 6. The van der Waals surface area contributed by atoms with Crippen LogP contribution in [0.25, 0.3) is 0 Å². The standard InChI is InChI=1S/C14H18N2O3/c1-11(17)12-3-4-13(14(9-12)18-2)19-8-7-16-6-5-15-10-16/h3-6,9-11,17H,7-8H2,1-2H3/t11-/m1/s1. The fourth-order valence-electron chi connectivity index (χ4n) is 1.74. The normalized spacial score (nSPS) is 12.2. The molecule has 0 aliphatic carbocycles. The van der Waals surface area contributed by atoms with Crippen LogP contribution in [-0.4, -0.2) is 28.4 Å². The molecule has 2 rings (SSSR count). The van der Waals surface area contributed by atoms with Crippen LogP contribution in [-0.2, 0) is 6.54 Å². The van der Waals surface area contributed by atoms with E-state index in [1.54, 1.807) is 32.6 Å². The molecule has 0 amide bonds. The van der Waals surface area contributed by atoms with E-state index in [-0.39, 0.29) is 0 Å². The smallest absolute Gasteiger partial charge is 0.161 e. The highest BCUT2D eigenvalue weighted by atomic mass is 16.5. The van der Waals surface area contributed by atoms with Crippen molar-refractivity contribution in [1.82, 2.24) is 9.55 Å². The van der Waals surface area contributed by atoms with Crippen molar-refractivity contribution in [2.75, 3.05) is 13.7 Å². The third-order valence-electron chi connectivity index (χ3n) is 2.84. The van der Waals surface area contributed by atoms with E-state index in [0.29, 0.717) is 18.1 Å². The van der Waals surface area contributed by atoms with E-state index in [0.717, 1.165) is 12.1 Å². The van der Waals surface area contributed by atoms with Crippen molar-refractivity contribution in [3.8, 4) is 11.5 Å². The van der Waals surface area contributed by atoms with E-state index in [2.05, 4.69) is 4.98 Å². The molecular formula is C14H18N2O3. The Balaban J connectivity index is 1.99. The molecule has 5 nitrogen and oxygen atoms in total. The predicted octanol–water partition coefficient (Wildman–Crippen LogP) is 2.02. The maximum absolute atomic E-state index is 9.53. The van der Waals surface area contributed by atoms with E-state index < -0.39 is 6.10 Å². The maximum Gasteiger partial charge on any atom is 0.161 e. The Bertz CT molecular complexity index is 509. The molecule has 5 heteroatoms. The van der Waals surface area contributed by atoms with Crippen LogP contribution >= 0.6 is 0 Å². The van der Waals surface area contributed by atoms with Crippen molar-refractivity contribution < 1.29 is 14.6 Å². The highest BCUT2D eigenvalue weighted by Gasteiger charge is 2.08. The molecule has 0 radical (unpaired) electrons. The van der Waals surface area contributed by atoms with Crippen LogP contribution in [0.15, 0.2) is 36.9 Å². The van der Waals surface area contributed by atoms with Gasteiger partial charge in [-0.2, -0.15) is 0 Å². The van der Waals surface area contributed by atoms with Gasteiger partial charge in [0.1, 0.15) is 6.61 Å². The maximum atomic E-state index is 9.53. The molecule has 2 aromatic rings. The minimum Gasteiger partial charge on any atom is -0.493 e. The summed E-state index contributed by atoms with van der Waals surface area (Å²) in [5, 5.41) is 9.53. The highest BCUT2D eigenvalue weighted by molar-refractivity contribution is 5.43. The molecule has 1 heterocycles. The number of aromatic nitrogens is 2. The lowest BCUT2D eigenvalue weighted by Crippen LogP contribution is -2.07. The Morgan fingerprint density at radius 1 is 1.37 bits per heavy atom. The monoisotopic (exact) mass is 262 g/mol. The number of ether oxygens (including phenoxy) is 2. The lowest BCUT2D eigenvalue weighted by molar-refractivity contribution is 0.198. The third kappa shape index (κ3) is 3.48. The van der Waals surface area contributed by atoms with E-state index >= 15 is 0 Å². The first-order valence-electron chi connectivity index (χ1n) is 6.15. The van der Waals surface area contributed by atoms with Crippen LogP contribution in [0.1, 0.15) is 18.6 Å². The number of hydrogen-bond acceptors (Lipinski definition) is 4. The fraction of sp³-hybridized carbons (Fsp3) is 0.357. The zero-order valence-corrected chi connectivity index (χ0v) is 11.1. The second-order valence-electron chi connectivity index (χ2n) is 4.24. The minimum absolute atomic E-state index is 0.520. The molecule has 0 saturated carbocycles. The van der Waals surface area contributed by atoms with Crippen molar-refractivity contribution >= 4 is 0 Å². The van der Waals surface area contributed by atoms with Gasteiger partial charge in [0, 0.05) is 12.4 Å². The first-order chi connectivity index (χ1) is 9.20. The molecule has 0 aliphatic heterocycles. The summed E-state index contributed by atoms with van der Waals surface area (Å²) in [6.45, 7) is 2.97. The number of nitrogens with zero attached hydrogens (tertiary/aromatic N) is 2. The average molecular weight is 262 g/mol. The second kappa shape index (κ2) is 6.24. The zero-order chi connectivity index (χ0) is 13.7. The molecule has 19 heavy (non-hydrogen) atoms. The summed E-state index contributed by atoms with van der Waals surface area (Å²) >= 11 is 0. The van der Waals surface area contributed by atoms with Gasteiger partial charge in [0.05, 0.1) is 26.1 Å². The summed E-state index contributed by atoms with van der Waals surface area (Å²) < 4.78 is 12.9. The van der Waals surface area contributed by atoms with Gasteiger partial charge in [-0.25, -0.2) is 4.98 Å². The molecular weight excluding hydrogens is 244 g/mol. The number of hydrogen-bond donors (Lipinski definition) is 1. The van der Waals surface area contributed by atoms with Gasteiger partial charge >= 0.3 is 0 Å². The van der Waals surface area contributed by atoms with Gasteiger partial charge in [0.25, 0.3) is 0 Å². The van der Waals surface area contributed by atoms with Gasteiger partial charge in [0.2, 0.25) is 0 Å². The predicted molar refractivity (Wildman–Crippen MR) is 71.3 cm³/mol. The van der Waals surface area contributed by atoms with Crippen molar-refractivity contribution in [3.05, 3.63) is 42.5 Å². The first-order valence-corrected chi connectivity index (χ1v) is 6.15. The van der Waals surface area contributed by atoms with Crippen molar-refractivity contribution in [2.24, 2.45) is 0 Å². The molecule has 1 atom stereocenters. The minimum atomic E-state index is -0.520. The lowest BCUT2D eigenvalue weighted by Gasteiger charge is -2.13. The van der Waals surface area contributed by atoms with E-state index in [9.17, 15) is 5.11 Å². The Morgan fingerprint density at radius 2 is 2.21 bits per heavy atom. The van der Waals surface area contributed by atoms with Gasteiger partial charge in [0.15, 0.2) is 11.5 Å². The Hall–Kier alpha value is -2.01. The zero-order valence-electron chi connectivity index (χ0n) is 11.1. The molecule has 0 saturated heterocycles. The summed E-state index contributed by atoms with van der Waals surface area (Å²) in [5.41, 5.74) is 0.804. The van der Waals surface area contributed by atoms with Crippen molar-refractivity contribution in [1.29, 1.82) is 0 Å². The number of imidazole rings is 1. The van der Waals surface area contributed by atoms with Gasteiger partial charge in [-0.3, -0.25) is 0 Å². The molecule has 0 fully saturated rings. The summed E-state index contributed by atoms with van der Waals surface area (Å²) in [4.78, 5) is 3.97. The molecule has 0 bridgehead atoms. The summed E-state index contributed by atoms with van der Waals surface area (Å²) in [5.74, 6) is 1.30. The number of aliphatic hydroxyl groups is 1. The highest BCUT2D eigenvalue weighted by Crippen LogP contribution is 2.30. The van der Waals surface area contributed by atoms with Gasteiger partial charge in [-0.05, 0) is 24.6 Å². The largest absolute Gasteiger partial charge is 0.493 e. The third-order valence-corrected chi connectivity index (χ3v) is 2.84. The van der Waals surface area contributed by atoms with Gasteiger partial charge in [-0.15, -0.1) is 0 Å². The molecule has 102 valence electrons. The number of methoxy groups -OCH3 is 1. The van der Waals surface area contributed by atoms with Crippen molar-refractivity contribution in [2.45, 2.75) is 19.6 Å². The summed E-state index contributed by atoms with van der Waals surface area (Å²) in [6.07, 6.45) is 4.85. The topological polar surface area (TPSA) is 56.5 Å². The van der Waals surface area contributed by atoms with Crippen LogP contribution in [0.2, 0.25) is 0 Å².